The van der Waals surface area contributed by atoms with Gasteiger partial charge in [0.15, 0.2) is 0 Å². The number of nitrogens with zero attached hydrogens (tertiary/aromatic N) is 1. The first-order chi connectivity index (χ1) is 9.30. The minimum atomic E-state index is -0.456. The van der Waals surface area contributed by atoms with Crippen LogP contribution in [0.15, 0.2) is 18.2 Å². The Balaban J connectivity index is 2.67. The third-order valence-corrected chi connectivity index (χ3v) is 3.33. The predicted octanol–water partition coefficient (Wildman–Crippen LogP) is 0.919. The van der Waals surface area contributed by atoms with Crippen LogP contribution >= 0.6 is 0 Å². The number of rotatable bonds is 6. The summed E-state index contributed by atoms with van der Waals surface area (Å²) < 4.78 is 5.05. The van der Waals surface area contributed by atoms with Crippen LogP contribution in [-0.2, 0) is 4.79 Å². The van der Waals surface area contributed by atoms with Crippen molar-refractivity contribution in [3.8, 4) is 5.75 Å². The number of nitrogen functional groups attached to an aromatic ring is 1. The average Bonchev–Trinajstić information content (AvgIpc) is 2.40. The molecule has 0 saturated carbocycles. The molecule has 1 rings (SSSR count). The molecule has 0 aliphatic carbocycles. The average molecular weight is 281 g/mol. The Labute approximate surface area is 119 Å². The van der Waals surface area contributed by atoms with Crippen molar-refractivity contribution >= 4 is 17.3 Å². The summed E-state index contributed by atoms with van der Waals surface area (Å²) in [5.41, 5.74) is 6.38. The number of aliphatic hydroxyl groups excluding tert-OH is 1. The van der Waals surface area contributed by atoms with Crippen LogP contribution in [0.2, 0.25) is 0 Å². The van der Waals surface area contributed by atoms with Gasteiger partial charge in [0.2, 0.25) is 5.91 Å². The summed E-state index contributed by atoms with van der Waals surface area (Å²) in [5.74, 6) is 0.449. The van der Waals surface area contributed by atoms with Crippen LogP contribution in [0.5, 0.6) is 5.75 Å². The lowest BCUT2D eigenvalue weighted by molar-refractivity contribution is -0.118. The molecule has 6 nitrogen and oxygen atoms in total. The predicted molar refractivity (Wildman–Crippen MR) is 79.8 cm³/mol. The van der Waals surface area contributed by atoms with Gasteiger partial charge in [-0.25, -0.2) is 0 Å². The summed E-state index contributed by atoms with van der Waals surface area (Å²) in [5, 5.41) is 12.0. The van der Waals surface area contributed by atoms with Crippen LogP contribution in [0.3, 0.4) is 0 Å². The molecule has 0 aliphatic heterocycles. The molecule has 1 aromatic rings. The second-order valence-corrected chi connectivity index (χ2v) is 5.33. The Bertz CT molecular complexity index is 475. The van der Waals surface area contributed by atoms with Gasteiger partial charge in [-0.15, -0.1) is 0 Å². The Kier molecular flexibility index (Phi) is 5.35. The molecule has 0 saturated heterocycles. The second-order valence-electron chi connectivity index (χ2n) is 5.33. The summed E-state index contributed by atoms with van der Waals surface area (Å²) in [6, 6.07) is 5.08. The van der Waals surface area contributed by atoms with Gasteiger partial charge in [-0.1, -0.05) is 0 Å². The van der Waals surface area contributed by atoms with Crippen molar-refractivity contribution in [3.05, 3.63) is 18.2 Å². The van der Waals surface area contributed by atoms with Crippen molar-refractivity contribution in [1.82, 2.24) is 4.90 Å². The van der Waals surface area contributed by atoms with Crippen molar-refractivity contribution in [1.29, 1.82) is 0 Å². The van der Waals surface area contributed by atoms with Gasteiger partial charge in [-0.05, 0) is 33.0 Å². The molecule has 112 valence electrons. The number of nitrogens with one attached hydrogen (secondary N) is 1. The van der Waals surface area contributed by atoms with Gasteiger partial charge >= 0.3 is 0 Å². The van der Waals surface area contributed by atoms with Gasteiger partial charge in [-0.3, -0.25) is 9.69 Å². The number of likely N-dealkylation sites (N-methyl/N-ethyl adjacent to an activating group) is 1. The summed E-state index contributed by atoms with van der Waals surface area (Å²) in [7, 11) is 3.34. The maximum absolute atomic E-state index is 12.0. The van der Waals surface area contributed by atoms with E-state index >= 15 is 0 Å². The third kappa shape index (κ3) is 4.11. The van der Waals surface area contributed by atoms with E-state index in [1.807, 2.05) is 13.8 Å². The number of hydrogen-bond acceptors (Lipinski definition) is 5. The van der Waals surface area contributed by atoms with Gasteiger partial charge in [0.25, 0.3) is 0 Å². The highest BCUT2D eigenvalue weighted by atomic mass is 16.5. The number of aliphatic hydroxyl groups is 1. The van der Waals surface area contributed by atoms with Gasteiger partial charge in [0.05, 0.1) is 31.6 Å². The van der Waals surface area contributed by atoms with E-state index in [-0.39, 0.29) is 19.1 Å². The number of carbonyl (C=O) groups excluding carboxylic acids is 1. The number of ether oxygens (including phenoxy) is 1. The summed E-state index contributed by atoms with van der Waals surface area (Å²) in [4.78, 5) is 13.8. The van der Waals surface area contributed by atoms with E-state index in [1.165, 1.54) is 0 Å². The van der Waals surface area contributed by atoms with Gasteiger partial charge in [0, 0.05) is 11.6 Å². The molecule has 0 aromatic heterocycles. The van der Waals surface area contributed by atoms with Crippen LogP contribution in [0.1, 0.15) is 13.8 Å². The number of hydrogen-bond donors (Lipinski definition) is 3. The molecule has 6 heteroatoms. The van der Waals surface area contributed by atoms with E-state index in [9.17, 15) is 9.90 Å². The van der Waals surface area contributed by atoms with Crippen LogP contribution < -0.4 is 15.8 Å². The number of nitrogens with two attached hydrogens (primary N) is 1. The van der Waals surface area contributed by atoms with Crippen LogP contribution in [0.4, 0.5) is 11.4 Å². The largest absolute Gasteiger partial charge is 0.497 e. The molecule has 1 amide bonds. The summed E-state index contributed by atoms with van der Waals surface area (Å²) in [6.45, 7) is 3.87. The molecule has 0 fully saturated rings. The zero-order valence-corrected chi connectivity index (χ0v) is 12.4. The van der Waals surface area contributed by atoms with Crippen LogP contribution in [0, 0.1) is 0 Å². The SMILES string of the molecule is COc1ccc(NC(=O)CN(C)C(C)(C)CO)c(N)c1. The quantitative estimate of drug-likeness (QED) is 0.675. The van der Waals surface area contributed by atoms with E-state index in [4.69, 9.17) is 10.5 Å². The molecule has 4 N–H and O–H groups in total. The van der Waals surface area contributed by atoms with Crippen LogP contribution in [-0.4, -0.2) is 48.8 Å². The molecule has 0 spiro atoms. The van der Waals surface area contributed by atoms with Gasteiger partial charge in [0.1, 0.15) is 5.75 Å². The van der Waals surface area contributed by atoms with Crippen LogP contribution in [0.25, 0.3) is 0 Å². The lowest BCUT2D eigenvalue weighted by Gasteiger charge is -2.33. The topological polar surface area (TPSA) is 87.8 Å². The fraction of sp³-hybridized carbons (Fsp3) is 0.500. The first-order valence-corrected chi connectivity index (χ1v) is 6.35. The minimum Gasteiger partial charge on any atom is -0.497 e. The van der Waals surface area contributed by atoms with Crippen molar-refractivity contribution in [2.45, 2.75) is 19.4 Å². The van der Waals surface area contributed by atoms with Crippen molar-refractivity contribution < 1.29 is 14.6 Å². The zero-order chi connectivity index (χ0) is 15.3. The number of benzene rings is 1. The fourth-order valence-electron chi connectivity index (χ4n) is 1.52. The molecule has 0 unspecified atom stereocenters. The van der Waals surface area contributed by atoms with Crippen molar-refractivity contribution in [3.63, 3.8) is 0 Å². The van der Waals surface area contributed by atoms with E-state index in [0.29, 0.717) is 17.1 Å². The molecule has 0 atom stereocenters. The molecule has 20 heavy (non-hydrogen) atoms. The third-order valence-electron chi connectivity index (χ3n) is 3.33. The standard InChI is InChI=1S/C14H23N3O3/c1-14(2,9-18)17(3)8-13(19)16-12-6-5-10(20-4)7-11(12)15/h5-7,18H,8-9,15H2,1-4H3,(H,16,19). The molecule has 0 radical (unpaired) electrons. The lowest BCUT2D eigenvalue weighted by atomic mass is 10.1. The van der Waals surface area contributed by atoms with E-state index in [0.717, 1.165) is 0 Å². The monoisotopic (exact) mass is 281 g/mol. The van der Waals surface area contributed by atoms with E-state index in [2.05, 4.69) is 5.32 Å². The smallest absolute Gasteiger partial charge is 0.238 e. The Hall–Kier alpha value is -1.79. The Morgan fingerprint density at radius 2 is 2.15 bits per heavy atom. The first-order valence-electron chi connectivity index (χ1n) is 6.35. The highest BCUT2D eigenvalue weighted by molar-refractivity contribution is 5.95. The summed E-state index contributed by atoms with van der Waals surface area (Å²) >= 11 is 0. The molecule has 1 aromatic carbocycles. The number of anilines is 2. The number of methoxy groups -OCH3 is 1. The Morgan fingerprint density at radius 1 is 1.50 bits per heavy atom. The molecule has 0 bridgehead atoms. The molecular weight excluding hydrogens is 258 g/mol. The highest BCUT2D eigenvalue weighted by Gasteiger charge is 2.24. The van der Waals surface area contributed by atoms with Crippen molar-refractivity contribution in [2.24, 2.45) is 0 Å². The number of carbonyl (C=O) groups is 1. The summed E-state index contributed by atoms with van der Waals surface area (Å²) in [6.07, 6.45) is 0. The normalized spacial score (nSPS) is 11.5. The second kappa shape index (κ2) is 6.58. The maximum atomic E-state index is 12.0. The Morgan fingerprint density at radius 3 is 2.65 bits per heavy atom. The zero-order valence-electron chi connectivity index (χ0n) is 12.4. The van der Waals surface area contributed by atoms with Crippen molar-refractivity contribution in [2.75, 3.05) is 38.4 Å². The highest BCUT2D eigenvalue weighted by Crippen LogP contribution is 2.24. The fourth-order valence-corrected chi connectivity index (χ4v) is 1.52. The first kappa shape index (κ1) is 16.3. The molecule has 0 aliphatic rings. The van der Waals surface area contributed by atoms with Gasteiger partial charge in [-0.2, -0.15) is 0 Å². The van der Waals surface area contributed by atoms with Gasteiger partial charge < -0.3 is 20.9 Å². The minimum absolute atomic E-state index is 0.0263. The maximum Gasteiger partial charge on any atom is 0.238 e. The van der Waals surface area contributed by atoms with E-state index < -0.39 is 5.54 Å². The van der Waals surface area contributed by atoms with E-state index in [1.54, 1.807) is 37.3 Å². The molecule has 0 heterocycles. The lowest BCUT2D eigenvalue weighted by Crippen LogP contribution is -2.47. The number of amides is 1. The molecular formula is C14H23N3O3.